The van der Waals surface area contributed by atoms with E-state index in [0.717, 1.165) is 0 Å². The van der Waals surface area contributed by atoms with Crippen LogP contribution in [-0.4, -0.2) is 26.0 Å². The largest absolute Gasteiger partial charge is 3.00 e. The van der Waals surface area contributed by atoms with E-state index < -0.39 is 5.97 Å². The smallest absolute Gasteiger partial charge is 1.00 e. The number of carbonyl (C=O) groups is 1. The number of halogens is 3. The Morgan fingerprint density at radius 1 is 1.33 bits per heavy atom. The average Bonchev–Trinajstić information content (AvgIpc) is 1.38. The van der Waals surface area contributed by atoms with Gasteiger partial charge in [0, 0.05) is 0 Å². The van der Waals surface area contributed by atoms with E-state index in [2.05, 4.69) is 5.73 Å². The van der Waals surface area contributed by atoms with Crippen LogP contribution < -0.4 is 19.8 Å². The summed E-state index contributed by atoms with van der Waals surface area (Å²) in [5.41, 5.74) is 4.57. The second-order valence-corrected chi connectivity index (χ2v) is 0.598. The van der Waals surface area contributed by atoms with Crippen LogP contribution in [0.4, 0.5) is 0 Å². The number of aliphatic carboxylic acids is 1. The van der Waals surface area contributed by atoms with Crippen molar-refractivity contribution in [3.05, 3.63) is 0 Å². The minimum absolute atomic E-state index is 0. The molecule has 0 bridgehead atoms. The van der Waals surface area contributed by atoms with Gasteiger partial charge in [0.05, 0.1) is 6.54 Å². The van der Waals surface area contributed by atoms with E-state index >= 15 is 0 Å². The molecule has 0 aliphatic carbocycles. The minimum atomic E-state index is -0.968. The predicted molar refractivity (Wildman–Crippen MR) is 22.4 cm³/mol. The van der Waals surface area contributed by atoms with E-state index in [1.165, 1.54) is 0 Å². The molecule has 0 spiro atoms. The summed E-state index contributed by atoms with van der Waals surface area (Å²) in [6.07, 6.45) is 0. The van der Waals surface area contributed by atoms with Gasteiger partial charge >= 0.3 is 14.4 Å². The normalized spacial score (nSPS) is 4.11. The van der Waals surface area contributed by atoms with Crippen LogP contribution in [0.25, 0.3) is 0 Å². The molecule has 0 radical (unpaired) electrons. The van der Waals surface area contributed by atoms with Crippen LogP contribution in [0.2, 0.25) is 0 Å². The number of hydrogen-bond acceptors (Lipinski definition) is 2. The zero-order valence-electron chi connectivity index (χ0n) is 4.35. The molecule has 9 heavy (non-hydrogen) atoms. The first-order valence-electron chi connectivity index (χ1n) is 1.19. The molecule has 0 atom stereocenters. The monoisotopic (exact) mass is 143 g/mol. The van der Waals surface area contributed by atoms with Gasteiger partial charge in [-0.05, 0) is 0 Å². The Kier molecular flexibility index (Phi) is 121. The van der Waals surface area contributed by atoms with Gasteiger partial charge in [-0.2, -0.15) is 0 Å². The summed E-state index contributed by atoms with van der Waals surface area (Å²) >= 11 is 0. The van der Waals surface area contributed by atoms with E-state index in [1.807, 2.05) is 0 Å². The van der Waals surface area contributed by atoms with Gasteiger partial charge in [-0.25, -0.2) is 0 Å². The van der Waals surface area contributed by atoms with Gasteiger partial charge in [0.2, 0.25) is 0 Å². The number of carboxylic acid groups (broad SMARTS) is 1. The third kappa shape index (κ3) is 123. The summed E-state index contributed by atoms with van der Waals surface area (Å²) in [5.74, 6) is -0.968. The minimum Gasteiger partial charge on any atom is -1.00 e. The standard InChI is InChI=1S/C2H5NO2.B.3FH/c3-1-2(4)5;;;;/h1,3H2,(H,4,5);;3*1H/q;+3;;;/p-3. The summed E-state index contributed by atoms with van der Waals surface area (Å²) in [6, 6.07) is 0. The Hall–Kier alpha value is -0.715. The van der Waals surface area contributed by atoms with E-state index in [4.69, 9.17) is 5.11 Å². The summed E-state index contributed by atoms with van der Waals surface area (Å²) in [4.78, 5) is 9.24. The molecule has 3 N–H and O–H groups in total. The third-order valence-corrected chi connectivity index (χ3v) is 0.175. The molecule has 0 rings (SSSR count). The van der Waals surface area contributed by atoms with Crippen molar-refractivity contribution >= 4 is 14.4 Å². The number of hydrogen-bond donors (Lipinski definition) is 2. The van der Waals surface area contributed by atoms with Crippen molar-refractivity contribution in [3.63, 3.8) is 0 Å². The molecular formula is C2H5BF3NO2. The van der Waals surface area contributed by atoms with Crippen LogP contribution in [0.5, 0.6) is 0 Å². The molecule has 54 valence electrons. The van der Waals surface area contributed by atoms with E-state index in [9.17, 15) is 4.79 Å². The molecule has 0 heterocycles. The van der Waals surface area contributed by atoms with Crippen LogP contribution >= 0.6 is 0 Å². The Bertz CT molecular complexity index is 55.1. The second kappa shape index (κ2) is 26.7. The summed E-state index contributed by atoms with van der Waals surface area (Å²) in [5, 5.41) is 7.60. The van der Waals surface area contributed by atoms with Gasteiger partial charge < -0.3 is 25.0 Å². The fraction of sp³-hybridized carbons (Fsp3) is 0.500. The number of rotatable bonds is 1. The topological polar surface area (TPSA) is 63.3 Å². The molecule has 0 unspecified atom stereocenters. The zero-order valence-corrected chi connectivity index (χ0v) is 4.35. The number of carboxylic acids is 1. The molecule has 0 aromatic rings. The van der Waals surface area contributed by atoms with Crippen molar-refractivity contribution in [1.29, 1.82) is 0 Å². The van der Waals surface area contributed by atoms with Crippen LogP contribution in [0, 0.1) is 0 Å². The Labute approximate surface area is 51.9 Å². The van der Waals surface area contributed by atoms with Gasteiger partial charge in [0.25, 0.3) is 0 Å². The molecule has 0 aliphatic heterocycles. The summed E-state index contributed by atoms with van der Waals surface area (Å²) in [7, 11) is 0. The van der Waals surface area contributed by atoms with Crippen LogP contribution in [0.3, 0.4) is 0 Å². The Balaban J connectivity index is -0.0000000133. The first-order valence-corrected chi connectivity index (χ1v) is 1.19. The van der Waals surface area contributed by atoms with Gasteiger partial charge in [-0.3, -0.25) is 4.79 Å². The van der Waals surface area contributed by atoms with E-state index in [0.29, 0.717) is 0 Å². The molecule has 0 aromatic heterocycles. The molecule has 0 aromatic carbocycles. The molecule has 0 saturated carbocycles. The molecule has 7 heteroatoms. The molecule has 0 amide bonds. The van der Waals surface area contributed by atoms with Crippen LogP contribution in [0.15, 0.2) is 0 Å². The zero-order chi connectivity index (χ0) is 4.28. The number of nitrogens with two attached hydrogens (primary N) is 1. The maximum atomic E-state index is 9.24. The predicted octanol–water partition coefficient (Wildman–Crippen LogP) is -10.3. The van der Waals surface area contributed by atoms with Crippen molar-refractivity contribution in [1.82, 2.24) is 0 Å². The summed E-state index contributed by atoms with van der Waals surface area (Å²) in [6.45, 7) is -0.278. The maximum absolute atomic E-state index is 9.24. The molecule has 0 aliphatic rings. The maximum Gasteiger partial charge on any atom is 3.00 e. The van der Waals surface area contributed by atoms with E-state index in [-0.39, 0.29) is 29.1 Å². The van der Waals surface area contributed by atoms with Crippen LogP contribution in [-0.2, 0) is 4.79 Å². The van der Waals surface area contributed by atoms with Crippen molar-refractivity contribution in [2.24, 2.45) is 5.73 Å². The molecule has 0 saturated heterocycles. The molecule has 0 fully saturated rings. The fourth-order valence-corrected chi connectivity index (χ4v) is 0. The summed E-state index contributed by atoms with van der Waals surface area (Å²) < 4.78 is 0. The van der Waals surface area contributed by atoms with Crippen molar-refractivity contribution in [2.45, 2.75) is 0 Å². The Morgan fingerprint density at radius 2 is 1.44 bits per heavy atom. The van der Waals surface area contributed by atoms with Gasteiger partial charge in [0.1, 0.15) is 0 Å². The molecule has 3 nitrogen and oxygen atoms in total. The van der Waals surface area contributed by atoms with Crippen molar-refractivity contribution < 1.29 is 24.0 Å². The molecular weight excluding hydrogens is 138 g/mol. The fourth-order valence-electron chi connectivity index (χ4n) is 0. The first kappa shape index (κ1) is 40.7. The third-order valence-electron chi connectivity index (χ3n) is 0.175. The first-order chi connectivity index (χ1) is 2.27. The van der Waals surface area contributed by atoms with Gasteiger partial charge in [0.15, 0.2) is 0 Å². The van der Waals surface area contributed by atoms with E-state index in [1.54, 1.807) is 0 Å². The second-order valence-electron chi connectivity index (χ2n) is 0.598. The Morgan fingerprint density at radius 3 is 1.44 bits per heavy atom. The SMILES string of the molecule is NCC(=O)O.[B+3].[F-].[F-].[F-]. The van der Waals surface area contributed by atoms with Gasteiger partial charge in [-0.1, -0.05) is 0 Å². The van der Waals surface area contributed by atoms with Crippen molar-refractivity contribution in [2.75, 3.05) is 6.54 Å². The van der Waals surface area contributed by atoms with Gasteiger partial charge in [-0.15, -0.1) is 0 Å². The van der Waals surface area contributed by atoms with Crippen molar-refractivity contribution in [3.8, 4) is 0 Å². The quantitative estimate of drug-likeness (QED) is 0.358. The van der Waals surface area contributed by atoms with Crippen LogP contribution in [0.1, 0.15) is 0 Å². The average molecular weight is 143 g/mol.